The van der Waals surface area contributed by atoms with Crippen LogP contribution in [0, 0.1) is 13.8 Å². The number of nitrogens with zero attached hydrogens (tertiary/aromatic N) is 2. The molecule has 3 rings (SSSR count). The number of hydrogen-bond donors (Lipinski definition) is 1. The maximum Gasteiger partial charge on any atom is 0.321 e. The number of likely N-dealkylation sites (N-methyl/N-ethyl adjacent to an activating group) is 1. The van der Waals surface area contributed by atoms with E-state index in [0.29, 0.717) is 5.92 Å². The standard InChI is InChI=1S/C16H21N3OS2/c1-10-8-21-9-13(10)18-16(20)19(3)7-12-5-4-6-14-15(12)17-11(2)22-14/h8-9,12H,4-7H2,1-3H3,(H,18,20)/t12-/m0/s1. The molecule has 4 nitrogen and oxygen atoms in total. The molecule has 0 aliphatic heterocycles. The number of amides is 2. The molecule has 0 saturated carbocycles. The number of anilines is 1. The van der Waals surface area contributed by atoms with Crippen molar-refractivity contribution in [3.05, 3.63) is 31.9 Å². The number of aromatic nitrogens is 1. The highest BCUT2D eigenvalue weighted by atomic mass is 32.1. The van der Waals surface area contributed by atoms with Gasteiger partial charge in [-0.15, -0.1) is 22.7 Å². The molecule has 1 aliphatic carbocycles. The minimum absolute atomic E-state index is 0.0411. The third-order valence-corrected chi connectivity index (χ3v) is 6.02. The van der Waals surface area contributed by atoms with Crippen molar-refractivity contribution in [2.24, 2.45) is 0 Å². The van der Waals surface area contributed by atoms with E-state index < -0.39 is 0 Å². The van der Waals surface area contributed by atoms with E-state index in [2.05, 4.69) is 12.2 Å². The Balaban J connectivity index is 1.66. The van der Waals surface area contributed by atoms with Crippen LogP contribution in [0.3, 0.4) is 0 Å². The van der Waals surface area contributed by atoms with Gasteiger partial charge in [-0.05, 0) is 44.1 Å². The summed E-state index contributed by atoms with van der Waals surface area (Å²) < 4.78 is 0. The fraction of sp³-hybridized carbons (Fsp3) is 0.500. The zero-order valence-corrected chi connectivity index (χ0v) is 14.8. The highest BCUT2D eigenvalue weighted by Crippen LogP contribution is 2.35. The fourth-order valence-corrected chi connectivity index (χ4v) is 4.76. The van der Waals surface area contributed by atoms with Gasteiger partial charge in [0.1, 0.15) is 0 Å². The van der Waals surface area contributed by atoms with E-state index in [-0.39, 0.29) is 6.03 Å². The number of rotatable bonds is 3. The number of aryl methyl sites for hydroxylation is 3. The summed E-state index contributed by atoms with van der Waals surface area (Å²) in [5.74, 6) is 0.369. The van der Waals surface area contributed by atoms with Crippen LogP contribution in [0.1, 0.15) is 39.9 Å². The lowest BCUT2D eigenvalue weighted by Crippen LogP contribution is -2.35. The van der Waals surface area contributed by atoms with Crippen LogP contribution >= 0.6 is 22.7 Å². The first-order valence-corrected chi connectivity index (χ1v) is 9.31. The molecule has 0 saturated heterocycles. The molecular formula is C16H21N3OS2. The Bertz CT molecular complexity index is 677. The lowest BCUT2D eigenvalue weighted by Gasteiger charge is -2.26. The third-order valence-electron chi connectivity index (χ3n) is 4.12. The van der Waals surface area contributed by atoms with Crippen molar-refractivity contribution in [2.75, 3.05) is 18.9 Å². The summed E-state index contributed by atoms with van der Waals surface area (Å²) in [6, 6.07) is -0.0411. The van der Waals surface area contributed by atoms with Gasteiger partial charge in [0.2, 0.25) is 0 Å². The summed E-state index contributed by atoms with van der Waals surface area (Å²) in [6.07, 6.45) is 3.45. The van der Waals surface area contributed by atoms with Gasteiger partial charge in [0.25, 0.3) is 0 Å². The van der Waals surface area contributed by atoms with Crippen molar-refractivity contribution in [3.8, 4) is 0 Å². The lowest BCUT2D eigenvalue weighted by molar-refractivity contribution is 0.217. The van der Waals surface area contributed by atoms with E-state index in [0.717, 1.165) is 35.6 Å². The smallest absolute Gasteiger partial charge is 0.321 e. The SMILES string of the molecule is Cc1nc2c(s1)CCC[C@H]2CN(C)C(=O)Nc1cscc1C. The summed E-state index contributed by atoms with van der Waals surface area (Å²) in [7, 11) is 1.87. The second-order valence-electron chi connectivity index (χ2n) is 5.91. The quantitative estimate of drug-likeness (QED) is 0.903. The number of carbonyl (C=O) groups excluding carboxylic acids is 1. The monoisotopic (exact) mass is 335 g/mol. The summed E-state index contributed by atoms with van der Waals surface area (Å²) in [6.45, 7) is 4.80. The molecule has 1 N–H and O–H groups in total. The first kappa shape index (κ1) is 15.5. The molecular weight excluding hydrogens is 314 g/mol. The Morgan fingerprint density at radius 1 is 1.45 bits per heavy atom. The number of thiazole rings is 1. The summed E-state index contributed by atoms with van der Waals surface area (Å²) in [5.41, 5.74) is 3.25. The predicted octanol–water partition coefficient (Wildman–Crippen LogP) is 4.41. The Morgan fingerprint density at radius 3 is 3.00 bits per heavy atom. The normalized spacial score (nSPS) is 17.1. The molecule has 6 heteroatoms. The Morgan fingerprint density at radius 2 is 2.27 bits per heavy atom. The first-order chi connectivity index (χ1) is 10.5. The molecule has 2 aromatic heterocycles. The second kappa shape index (κ2) is 6.38. The molecule has 118 valence electrons. The van der Waals surface area contributed by atoms with Crippen LogP contribution in [0.5, 0.6) is 0 Å². The minimum Gasteiger partial charge on any atom is -0.327 e. The van der Waals surface area contributed by atoms with Gasteiger partial charge in [0.15, 0.2) is 0 Å². The van der Waals surface area contributed by atoms with E-state index >= 15 is 0 Å². The van der Waals surface area contributed by atoms with Crippen molar-refractivity contribution >= 4 is 34.4 Å². The van der Waals surface area contributed by atoms with E-state index in [1.807, 2.05) is 24.7 Å². The van der Waals surface area contributed by atoms with Gasteiger partial charge in [0, 0.05) is 29.8 Å². The van der Waals surface area contributed by atoms with Crippen molar-refractivity contribution < 1.29 is 4.79 Å². The molecule has 1 atom stereocenters. The van der Waals surface area contributed by atoms with Crippen molar-refractivity contribution in [1.82, 2.24) is 9.88 Å². The average Bonchev–Trinajstić information content (AvgIpc) is 3.05. The van der Waals surface area contributed by atoms with Crippen LogP contribution in [-0.4, -0.2) is 29.5 Å². The largest absolute Gasteiger partial charge is 0.327 e. The van der Waals surface area contributed by atoms with Crippen LogP contribution in [0.25, 0.3) is 0 Å². The van der Waals surface area contributed by atoms with Gasteiger partial charge in [-0.2, -0.15) is 0 Å². The van der Waals surface area contributed by atoms with E-state index in [4.69, 9.17) is 4.98 Å². The van der Waals surface area contributed by atoms with Gasteiger partial charge in [0.05, 0.1) is 16.4 Å². The molecule has 2 heterocycles. The summed E-state index contributed by atoms with van der Waals surface area (Å²) in [4.78, 5) is 20.2. The highest BCUT2D eigenvalue weighted by molar-refractivity contribution is 7.11. The zero-order chi connectivity index (χ0) is 15.7. The minimum atomic E-state index is -0.0411. The maximum atomic E-state index is 12.4. The van der Waals surface area contributed by atoms with Gasteiger partial charge >= 0.3 is 6.03 Å². The molecule has 0 bridgehead atoms. The average molecular weight is 335 g/mol. The van der Waals surface area contributed by atoms with Crippen LogP contribution in [0.4, 0.5) is 10.5 Å². The van der Waals surface area contributed by atoms with Crippen LogP contribution < -0.4 is 5.32 Å². The topological polar surface area (TPSA) is 45.2 Å². The van der Waals surface area contributed by atoms with Crippen molar-refractivity contribution in [3.63, 3.8) is 0 Å². The second-order valence-corrected chi connectivity index (χ2v) is 7.94. The molecule has 0 radical (unpaired) electrons. The predicted molar refractivity (Wildman–Crippen MR) is 93.2 cm³/mol. The third kappa shape index (κ3) is 3.17. The molecule has 0 fully saturated rings. The lowest BCUT2D eigenvalue weighted by atomic mass is 9.90. The number of urea groups is 1. The molecule has 0 spiro atoms. The van der Waals surface area contributed by atoms with Gasteiger partial charge < -0.3 is 10.2 Å². The van der Waals surface area contributed by atoms with Gasteiger partial charge in [-0.3, -0.25) is 0 Å². The molecule has 22 heavy (non-hydrogen) atoms. The Labute approximate surface area is 139 Å². The number of hydrogen-bond acceptors (Lipinski definition) is 4. The molecule has 0 aromatic carbocycles. The Hall–Kier alpha value is -1.40. The van der Waals surface area contributed by atoms with E-state index in [9.17, 15) is 4.79 Å². The van der Waals surface area contributed by atoms with Crippen molar-refractivity contribution in [1.29, 1.82) is 0 Å². The maximum absolute atomic E-state index is 12.4. The van der Waals surface area contributed by atoms with Crippen molar-refractivity contribution in [2.45, 2.75) is 39.0 Å². The fourth-order valence-electron chi connectivity index (χ4n) is 2.92. The van der Waals surface area contributed by atoms with E-state index in [1.165, 1.54) is 17.0 Å². The molecule has 0 unspecified atom stereocenters. The zero-order valence-electron chi connectivity index (χ0n) is 13.2. The first-order valence-electron chi connectivity index (χ1n) is 7.55. The summed E-state index contributed by atoms with van der Waals surface area (Å²) in [5, 5.41) is 8.14. The van der Waals surface area contributed by atoms with Crippen LogP contribution in [0.15, 0.2) is 10.8 Å². The van der Waals surface area contributed by atoms with E-state index in [1.54, 1.807) is 27.6 Å². The van der Waals surface area contributed by atoms with Crippen LogP contribution in [-0.2, 0) is 6.42 Å². The van der Waals surface area contributed by atoms with Gasteiger partial charge in [-0.1, -0.05) is 0 Å². The number of carbonyl (C=O) groups is 1. The number of thiophene rings is 1. The Kier molecular flexibility index (Phi) is 4.49. The molecule has 2 amide bonds. The number of fused-ring (bicyclic) bond motifs is 1. The summed E-state index contributed by atoms with van der Waals surface area (Å²) >= 11 is 3.41. The van der Waals surface area contributed by atoms with Gasteiger partial charge in [-0.25, -0.2) is 9.78 Å². The number of nitrogens with one attached hydrogen (secondary N) is 1. The van der Waals surface area contributed by atoms with Crippen LogP contribution in [0.2, 0.25) is 0 Å². The highest BCUT2D eigenvalue weighted by Gasteiger charge is 2.26. The molecule has 1 aliphatic rings. The molecule has 2 aromatic rings.